The van der Waals surface area contributed by atoms with E-state index in [0.29, 0.717) is 6.04 Å². The standard InChI is InChI=1S/C16H24F2N2O/c1-3-20(13-7-6-10-19-11-13)12(2)14-8-4-5-9-15(14)21-16(17)18/h4-5,8-9,12-13,16,19H,3,6-7,10-11H2,1-2H3. The van der Waals surface area contributed by atoms with Gasteiger partial charge in [0.15, 0.2) is 0 Å². The lowest BCUT2D eigenvalue weighted by Gasteiger charge is -2.38. The van der Waals surface area contributed by atoms with E-state index >= 15 is 0 Å². The molecule has 2 atom stereocenters. The van der Waals surface area contributed by atoms with Crippen LogP contribution in [0.3, 0.4) is 0 Å². The van der Waals surface area contributed by atoms with Crippen molar-refractivity contribution in [3.63, 3.8) is 0 Å². The van der Waals surface area contributed by atoms with Crippen LogP contribution in [0.15, 0.2) is 24.3 Å². The van der Waals surface area contributed by atoms with E-state index in [1.54, 1.807) is 12.1 Å². The number of nitrogens with one attached hydrogen (secondary N) is 1. The molecule has 0 aromatic heterocycles. The van der Waals surface area contributed by atoms with Crippen molar-refractivity contribution in [1.82, 2.24) is 10.2 Å². The lowest BCUT2D eigenvalue weighted by Crippen LogP contribution is -2.46. The zero-order valence-electron chi connectivity index (χ0n) is 12.7. The molecule has 1 fully saturated rings. The molecule has 1 aromatic carbocycles. The van der Waals surface area contributed by atoms with Gasteiger partial charge in [-0.1, -0.05) is 25.1 Å². The van der Waals surface area contributed by atoms with E-state index in [1.165, 1.54) is 0 Å². The number of rotatable bonds is 6. The van der Waals surface area contributed by atoms with Crippen molar-refractivity contribution in [3.05, 3.63) is 29.8 Å². The van der Waals surface area contributed by atoms with Crippen molar-refractivity contribution >= 4 is 0 Å². The number of alkyl halides is 2. The monoisotopic (exact) mass is 298 g/mol. The van der Waals surface area contributed by atoms with E-state index < -0.39 is 6.61 Å². The van der Waals surface area contributed by atoms with Crippen molar-refractivity contribution < 1.29 is 13.5 Å². The van der Waals surface area contributed by atoms with Crippen LogP contribution < -0.4 is 10.1 Å². The number of halogens is 2. The molecule has 0 bridgehead atoms. The lowest BCUT2D eigenvalue weighted by molar-refractivity contribution is -0.0513. The predicted octanol–water partition coefficient (Wildman–Crippen LogP) is 3.42. The maximum absolute atomic E-state index is 12.6. The number of benzene rings is 1. The van der Waals surface area contributed by atoms with Gasteiger partial charge in [0.25, 0.3) is 0 Å². The summed E-state index contributed by atoms with van der Waals surface area (Å²) in [5.41, 5.74) is 0.824. The van der Waals surface area contributed by atoms with Gasteiger partial charge in [-0.3, -0.25) is 4.90 Å². The van der Waals surface area contributed by atoms with Crippen LogP contribution in [0.4, 0.5) is 8.78 Å². The van der Waals surface area contributed by atoms with Crippen LogP contribution in [0.5, 0.6) is 5.75 Å². The molecule has 5 heteroatoms. The lowest BCUT2D eigenvalue weighted by atomic mass is 9.99. The molecule has 3 nitrogen and oxygen atoms in total. The summed E-state index contributed by atoms with van der Waals surface area (Å²) in [7, 11) is 0. The second kappa shape index (κ2) is 7.71. The average molecular weight is 298 g/mol. The summed E-state index contributed by atoms with van der Waals surface area (Å²) >= 11 is 0. The highest BCUT2D eigenvalue weighted by molar-refractivity contribution is 5.35. The fourth-order valence-corrected chi connectivity index (χ4v) is 3.17. The molecular formula is C16H24F2N2O. The SMILES string of the molecule is CCN(C1CCCNC1)C(C)c1ccccc1OC(F)F. The molecule has 0 amide bonds. The molecule has 2 rings (SSSR count). The Morgan fingerprint density at radius 3 is 2.76 bits per heavy atom. The van der Waals surface area contributed by atoms with Gasteiger partial charge >= 0.3 is 6.61 Å². The van der Waals surface area contributed by atoms with E-state index in [4.69, 9.17) is 0 Å². The zero-order chi connectivity index (χ0) is 15.2. The van der Waals surface area contributed by atoms with Gasteiger partial charge in [0.2, 0.25) is 0 Å². The Balaban J connectivity index is 2.18. The number of hydrogen-bond donors (Lipinski definition) is 1. The second-order valence-corrected chi connectivity index (χ2v) is 5.42. The number of nitrogens with zero attached hydrogens (tertiary/aromatic N) is 1. The first-order chi connectivity index (χ1) is 10.1. The van der Waals surface area contributed by atoms with Crippen molar-refractivity contribution in [1.29, 1.82) is 0 Å². The number of hydrogen-bond acceptors (Lipinski definition) is 3. The summed E-state index contributed by atoms with van der Waals surface area (Å²) in [5.74, 6) is 0.280. The normalized spacial score (nSPS) is 20.8. The molecule has 0 spiro atoms. The topological polar surface area (TPSA) is 24.5 Å². The third kappa shape index (κ3) is 4.14. The van der Waals surface area contributed by atoms with Gasteiger partial charge in [-0.2, -0.15) is 8.78 Å². The molecule has 21 heavy (non-hydrogen) atoms. The quantitative estimate of drug-likeness (QED) is 0.871. The Bertz CT molecular complexity index is 436. The predicted molar refractivity (Wildman–Crippen MR) is 79.8 cm³/mol. The highest BCUT2D eigenvalue weighted by atomic mass is 19.3. The Morgan fingerprint density at radius 2 is 2.14 bits per heavy atom. The van der Waals surface area contributed by atoms with E-state index in [1.807, 2.05) is 12.1 Å². The van der Waals surface area contributed by atoms with Crippen LogP contribution in [-0.2, 0) is 0 Å². The Hall–Kier alpha value is -1.20. The molecule has 1 aromatic rings. The van der Waals surface area contributed by atoms with E-state index in [9.17, 15) is 8.78 Å². The first kappa shape index (κ1) is 16.2. The van der Waals surface area contributed by atoms with Gasteiger partial charge < -0.3 is 10.1 Å². The highest BCUT2D eigenvalue weighted by Gasteiger charge is 2.26. The van der Waals surface area contributed by atoms with Gasteiger partial charge in [0, 0.05) is 24.2 Å². The van der Waals surface area contributed by atoms with Crippen LogP contribution in [0.2, 0.25) is 0 Å². The molecule has 1 heterocycles. The molecule has 1 saturated heterocycles. The van der Waals surface area contributed by atoms with E-state index in [0.717, 1.165) is 38.0 Å². The van der Waals surface area contributed by atoms with Crippen molar-refractivity contribution in [2.75, 3.05) is 19.6 Å². The molecule has 0 radical (unpaired) electrons. The summed E-state index contributed by atoms with van der Waals surface area (Å²) in [6, 6.07) is 7.59. The van der Waals surface area contributed by atoms with Crippen LogP contribution in [-0.4, -0.2) is 37.2 Å². The van der Waals surface area contributed by atoms with Crippen LogP contribution in [0, 0.1) is 0 Å². The first-order valence-electron chi connectivity index (χ1n) is 7.63. The minimum atomic E-state index is -2.79. The third-order valence-corrected chi connectivity index (χ3v) is 4.19. The second-order valence-electron chi connectivity index (χ2n) is 5.42. The summed E-state index contributed by atoms with van der Waals surface area (Å²) in [4.78, 5) is 2.36. The number of ether oxygens (including phenoxy) is 1. The average Bonchev–Trinajstić information content (AvgIpc) is 2.49. The number of para-hydroxylation sites is 1. The minimum Gasteiger partial charge on any atom is -0.434 e. The molecule has 1 aliphatic rings. The molecule has 1 N–H and O–H groups in total. The zero-order valence-corrected chi connectivity index (χ0v) is 12.7. The smallest absolute Gasteiger partial charge is 0.387 e. The van der Waals surface area contributed by atoms with E-state index in [-0.39, 0.29) is 11.8 Å². The molecule has 0 aliphatic carbocycles. The van der Waals surface area contributed by atoms with Crippen LogP contribution in [0.25, 0.3) is 0 Å². The summed E-state index contributed by atoms with van der Waals surface area (Å²) in [6.07, 6.45) is 2.30. The van der Waals surface area contributed by atoms with Gasteiger partial charge in [-0.05, 0) is 38.9 Å². The van der Waals surface area contributed by atoms with Crippen molar-refractivity contribution in [3.8, 4) is 5.75 Å². The largest absolute Gasteiger partial charge is 0.434 e. The maximum atomic E-state index is 12.6. The van der Waals surface area contributed by atoms with Crippen molar-refractivity contribution in [2.24, 2.45) is 0 Å². The molecule has 1 aliphatic heterocycles. The van der Waals surface area contributed by atoms with Crippen molar-refractivity contribution in [2.45, 2.75) is 45.4 Å². The molecular weight excluding hydrogens is 274 g/mol. The Morgan fingerprint density at radius 1 is 1.38 bits per heavy atom. The minimum absolute atomic E-state index is 0.0508. The Kier molecular flexibility index (Phi) is 5.94. The van der Waals surface area contributed by atoms with Gasteiger partial charge in [0.1, 0.15) is 5.75 Å². The van der Waals surface area contributed by atoms with Crippen LogP contribution >= 0.6 is 0 Å². The maximum Gasteiger partial charge on any atom is 0.387 e. The fraction of sp³-hybridized carbons (Fsp3) is 0.625. The van der Waals surface area contributed by atoms with Gasteiger partial charge in [-0.25, -0.2) is 0 Å². The number of piperidine rings is 1. The first-order valence-corrected chi connectivity index (χ1v) is 7.63. The summed E-state index contributed by atoms with van der Waals surface area (Å²) < 4.78 is 29.8. The molecule has 118 valence electrons. The van der Waals surface area contributed by atoms with E-state index in [2.05, 4.69) is 28.8 Å². The summed E-state index contributed by atoms with van der Waals surface area (Å²) in [5, 5.41) is 3.41. The van der Waals surface area contributed by atoms with Crippen LogP contribution in [0.1, 0.15) is 38.3 Å². The summed E-state index contributed by atoms with van der Waals surface area (Å²) in [6.45, 7) is 4.29. The van der Waals surface area contributed by atoms with Gasteiger partial charge in [0.05, 0.1) is 0 Å². The molecule has 2 unspecified atom stereocenters. The molecule has 0 saturated carbocycles. The van der Waals surface area contributed by atoms with Gasteiger partial charge in [-0.15, -0.1) is 0 Å². The fourth-order valence-electron chi connectivity index (χ4n) is 3.17. The highest BCUT2D eigenvalue weighted by Crippen LogP contribution is 2.32. The number of likely N-dealkylation sites (N-methyl/N-ethyl adjacent to an activating group) is 1. The Labute approximate surface area is 125 Å². The third-order valence-electron chi connectivity index (χ3n) is 4.19.